The highest BCUT2D eigenvalue weighted by molar-refractivity contribution is 5.92. The Morgan fingerprint density at radius 3 is 2.35 bits per heavy atom. The van der Waals surface area contributed by atoms with Crippen LogP contribution in [-0.2, 0) is 6.54 Å². The monoisotopic (exact) mass is 549 g/mol. The standard InChI is InChI=1S/C31H47N7O2/c1-7-37(8-2)17-11-16-32-31-34-26-21-29(40-6)28(39-5)20-25(26)30(35-31)33-24-14-18-38(19-15-24)22-23-12-9-10-13-27(23)36(3)4/h9-10,12-13,20-21,24H,7-8,11,14-19,22H2,1-6H3,(H2,32,33,34,35). The van der Waals surface area contributed by atoms with Crippen molar-refractivity contribution in [2.24, 2.45) is 0 Å². The van der Waals surface area contributed by atoms with Crippen LogP contribution in [0, 0.1) is 0 Å². The predicted molar refractivity (Wildman–Crippen MR) is 166 cm³/mol. The third-order valence-corrected chi connectivity index (χ3v) is 7.83. The summed E-state index contributed by atoms with van der Waals surface area (Å²) in [5.74, 6) is 2.82. The van der Waals surface area contributed by atoms with E-state index in [9.17, 15) is 0 Å². The van der Waals surface area contributed by atoms with E-state index in [4.69, 9.17) is 19.4 Å². The molecule has 2 aromatic carbocycles. The molecule has 1 aromatic heterocycles. The van der Waals surface area contributed by atoms with Crippen LogP contribution in [0.15, 0.2) is 36.4 Å². The number of piperidine rings is 1. The Bertz CT molecular complexity index is 1220. The van der Waals surface area contributed by atoms with Crippen molar-refractivity contribution in [2.45, 2.75) is 45.7 Å². The molecule has 3 aromatic rings. The highest BCUT2D eigenvalue weighted by Gasteiger charge is 2.22. The first kappa shape index (κ1) is 29.7. The van der Waals surface area contributed by atoms with Gasteiger partial charge in [-0.3, -0.25) is 4.90 Å². The number of nitrogens with one attached hydrogen (secondary N) is 2. The molecule has 1 aliphatic rings. The molecular weight excluding hydrogens is 502 g/mol. The van der Waals surface area contributed by atoms with Crippen LogP contribution < -0.4 is 25.0 Å². The zero-order valence-corrected chi connectivity index (χ0v) is 25.2. The zero-order valence-electron chi connectivity index (χ0n) is 25.2. The van der Waals surface area contributed by atoms with Gasteiger partial charge in [0.25, 0.3) is 0 Å². The van der Waals surface area contributed by atoms with E-state index < -0.39 is 0 Å². The van der Waals surface area contributed by atoms with Crippen molar-refractivity contribution in [2.75, 3.05) is 83.1 Å². The minimum atomic E-state index is 0.335. The van der Waals surface area contributed by atoms with Crippen molar-refractivity contribution >= 4 is 28.4 Å². The summed E-state index contributed by atoms with van der Waals surface area (Å²) in [6.45, 7) is 11.5. The van der Waals surface area contributed by atoms with Crippen molar-refractivity contribution in [3.8, 4) is 11.5 Å². The van der Waals surface area contributed by atoms with E-state index in [1.807, 2.05) is 12.1 Å². The number of ether oxygens (including phenoxy) is 2. The van der Waals surface area contributed by atoms with Crippen molar-refractivity contribution in [1.82, 2.24) is 19.8 Å². The van der Waals surface area contributed by atoms with Crippen LogP contribution in [0.25, 0.3) is 10.9 Å². The number of likely N-dealkylation sites (tertiary alicyclic amines) is 1. The molecule has 0 aliphatic carbocycles. The van der Waals surface area contributed by atoms with E-state index in [0.29, 0.717) is 23.5 Å². The van der Waals surface area contributed by atoms with Crippen molar-refractivity contribution in [1.29, 1.82) is 0 Å². The van der Waals surface area contributed by atoms with Gasteiger partial charge in [-0.15, -0.1) is 0 Å². The number of methoxy groups -OCH3 is 2. The fraction of sp³-hybridized carbons (Fsp3) is 0.548. The molecule has 4 rings (SSSR count). The van der Waals surface area contributed by atoms with Crippen molar-refractivity contribution < 1.29 is 9.47 Å². The number of hydrogen-bond donors (Lipinski definition) is 2. The van der Waals surface area contributed by atoms with Crippen molar-refractivity contribution in [3.63, 3.8) is 0 Å². The summed E-state index contributed by atoms with van der Waals surface area (Å²) in [5.41, 5.74) is 3.49. The predicted octanol–water partition coefficient (Wildman–Crippen LogP) is 4.93. The topological polar surface area (TPSA) is 78.0 Å². The van der Waals surface area contributed by atoms with Crippen LogP contribution in [0.5, 0.6) is 11.5 Å². The van der Waals surface area contributed by atoms with Crippen LogP contribution in [0.1, 0.15) is 38.7 Å². The third kappa shape index (κ3) is 7.46. The SMILES string of the molecule is CCN(CC)CCCNc1nc(NC2CCN(Cc3ccccc3N(C)C)CC2)c2cc(OC)c(OC)cc2n1. The van der Waals surface area contributed by atoms with Gasteiger partial charge in [-0.1, -0.05) is 32.0 Å². The van der Waals surface area contributed by atoms with Gasteiger partial charge in [0.05, 0.1) is 19.7 Å². The van der Waals surface area contributed by atoms with Crippen LogP contribution in [0.3, 0.4) is 0 Å². The molecule has 40 heavy (non-hydrogen) atoms. The molecule has 1 saturated heterocycles. The Morgan fingerprint density at radius 1 is 0.975 bits per heavy atom. The van der Waals surface area contributed by atoms with Gasteiger partial charge in [-0.25, -0.2) is 4.98 Å². The van der Waals surface area contributed by atoms with E-state index >= 15 is 0 Å². The molecule has 0 unspecified atom stereocenters. The molecule has 1 fully saturated rings. The number of rotatable bonds is 14. The molecule has 0 bridgehead atoms. The number of para-hydroxylation sites is 1. The second kappa shape index (κ2) is 14.4. The van der Waals surface area contributed by atoms with E-state index in [1.54, 1.807) is 14.2 Å². The van der Waals surface area contributed by atoms with Gasteiger partial charge < -0.3 is 29.9 Å². The smallest absolute Gasteiger partial charge is 0.225 e. The van der Waals surface area contributed by atoms with Crippen molar-refractivity contribution in [3.05, 3.63) is 42.0 Å². The lowest BCUT2D eigenvalue weighted by Crippen LogP contribution is -2.39. The average molecular weight is 550 g/mol. The second-order valence-corrected chi connectivity index (χ2v) is 10.6. The fourth-order valence-corrected chi connectivity index (χ4v) is 5.44. The molecule has 2 N–H and O–H groups in total. The summed E-state index contributed by atoms with van der Waals surface area (Å²) >= 11 is 0. The Hall–Kier alpha value is -3.30. The number of fused-ring (bicyclic) bond motifs is 1. The maximum atomic E-state index is 5.60. The molecule has 9 heteroatoms. The summed E-state index contributed by atoms with van der Waals surface area (Å²) in [6.07, 6.45) is 3.14. The molecule has 0 radical (unpaired) electrons. The Labute approximate surface area is 239 Å². The number of nitrogens with zero attached hydrogens (tertiary/aromatic N) is 5. The van der Waals surface area contributed by atoms with Gasteiger partial charge in [0.1, 0.15) is 5.82 Å². The third-order valence-electron chi connectivity index (χ3n) is 7.83. The molecule has 2 heterocycles. The van der Waals surface area contributed by atoms with Crippen LogP contribution >= 0.6 is 0 Å². The quantitative estimate of drug-likeness (QED) is 0.272. The molecule has 1 aliphatic heterocycles. The maximum absolute atomic E-state index is 5.60. The number of hydrogen-bond acceptors (Lipinski definition) is 9. The minimum absolute atomic E-state index is 0.335. The van der Waals surface area contributed by atoms with Crippen LogP contribution in [-0.4, -0.2) is 93.4 Å². The molecule has 0 atom stereocenters. The first-order chi connectivity index (χ1) is 19.4. The molecule has 0 saturated carbocycles. The fourth-order valence-electron chi connectivity index (χ4n) is 5.44. The molecular formula is C31H47N7O2. The summed E-state index contributed by atoms with van der Waals surface area (Å²) in [6, 6.07) is 12.9. The van der Waals surface area contributed by atoms with Gasteiger partial charge in [-0.05, 0) is 56.6 Å². The van der Waals surface area contributed by atoms with Gasteiger partial charge in [0.2, 0.25) is 5.95 Å². The lowest BCUT2D eigenvalue weighted by Gasteiger charge is -2.33. The van der Waals surface area contributed by atoms with Gasteiger partial charge in [-0.2, -0.15) is 4.98 Å². The summed E-state index contributed by atoms with van der Waals surface area (Å²) in [5, 5.41) is 8.16. The molecule has 0 amide bonds. The van der Waals surface area contributed by atoms with Crippen LogP contribution in [0.4, 0.5) is 17.5 Å². The zero-order chi connectivity index (χ0) is 28.5. The first-order valence-electron chi connectivity index (χ1n) is 14.6. The number of aromatic nitrogens is 2. The van der Waals surface area contributed by atoms with E-state index in [-0.39, 0.29) is 0 Å². The minimum Gasteiger partial charge on any atom is -0.493 e. The molecule has 0 spiro atoms. The lowest BCUT2D eigenvalue weighted by atomic mass is 10.0. The lowest BCUT2D eigenvalue weighted by molar-refractivity contribution is 0.211. The first-order valence-corrected chi connectivity index (χ1v) is 14.6. The Morgan fingerprint density at radius 2 is 1.68 bits per heavy atom. The summed E-state index contributed by atoms with van der Waals surface area (Å²) in [4.78, 5) is 16.9. The summed E-state index contributed by atoms with van der Waals surface area (Å²) in [7, 11) is 7.54. The highest BCUT2D eigenvalue weighted by atomic mass is 16.5. The highest BCUT2D eigenvalue weighted by Crippen LogP contribution is 2.35. The van der Waals surface area contributed by atoms with Gasteiger partial charge in [0, 0.05) is 63.5 Å². The number of benzene rings is 2. The summed E-state index contributed by atoms with van der Waals surface area (Å²) < 4.78 is 11.2. The normalized spacial score (nSPS) is 14.5. The van der Waals surface area contributed by atoms with Gasteiger partial charge >= 0.3 is 0 Å². The Kier molecular flexibility index (Phi) is 10.7. The number of anilines is 3. The van der Waals surface area contributed by atoms with E-state index in [2.05, 4.69) is 77.5 Å². The van der Waals surface area contributed by atoms with Crippen LogP contribution in [0.2, 0.25) is 0 Å². The molecule has 218 valence electrons. The average Bonchev–Trinajstić information content (AvgIpc) is 2.97. The molecule has 9 nitrogen and oxygen atoms in total. The van der Waals surface area contributed by atoms with Gasteiger partial charge in [0.15, 0.2) is 11.5 Å². The maximum Gasteiger partial charge on any atom is 0.225 e. The largest absolute Gasteiger partial charge is 0.493 e. The van der Waals surface area contributed by atoms with E-state index in [1.165, 1.54) is 11.3 Å². The Balaban J connectivity index is 1.47. The second-order valence-electron chi connectivity index (χ2n) is 10.6. The van der Waals surface area contributed by atoms with E-state index in [0.717, 1.165) is 81.8 Å².